The van der Waals surface area contributed by atoms with E-state index in [1.54, 1.807) is 0 Å². The molecule has 31 heavy (non-hydrogen) atoms. The maximum atomic E-state index is 12.7. The van der Waals surface area contributed by atoms with Gasteiger partial charge in [-0.25, -0.2) is 4.79 Å². The van der Waals surface area contributed by atoms with Gasteiger partial charge < -0.3 is 25.5 Å². The van der Waals surface area contributed by atoms with Crippen LogP contribution in [0.3, 0.4) is 0 Å². The van der Waals surface area contributed by atoms with Gasteiger partial charge in [-0.05, 0) is 43.9 Å². The van der Waals surface area contributed by atoms with E-state index < -0.39 is 24.1 Å². The predicted molar refractivity (Wildman–Crippen MR) is 117 cm³/mol. The Morgan fingerprint density at radius 2 is 1.90 bits per heavy atom. The normalized spacial score (nSPS) is 21.3. The summed E-state index contributed by atoms with van der Waals surface area (Å²) in [5.74, 6) is 0.110. The van der Waals surface area contributed by atoms with Gasteiger partial charge in [0, 0.05) is 12.5 Å². The summed E-state index contributed by atoms with van der Waals surface area (Å²) in [5.41, 5.74) is 0. The standard InChI is InChI=1S/C23H39N3O5/c1-16(2)13-20(22(29)25-19(15-27)14-18-10-11-24-21(18)28)26-23(30)31-12-6-9-17-7-4-3-5-8-17/h15-20H,3-14H2,1-2H3,(H,24,28)(H,25,29)(H,26,30)/t18-,19-,20-/m0/s1. The molecule has 0 unspecified atom stereocenters. The highest BCUT2D eigenvalue weighted by atomic mass is 16.5. The molecule has 2 aliphatic rings. The molecule has 176 valence electrons. The van der Waals surface area contributed by atoms with Crippen LogP contribution in [0.1, 0.15) is 78.1 Å². The van der Waals surface area contributed by atoms with Crippen molar-refractivity contribution in [2.75, 3.05) is 13.2 Å². The SMILES string of the molecule is CC(C)C[C@H](NC(=O)OCCCC1CCCCC1)C(=O)N[C@H](C=O)C[C@@H]1CCNC1=O. The zero-order valence-electron chi connectivity index (χ0n) is 19.0. The molecule has 0 bridgehead atoms. The third-order valence-corrected chi connectivity index (χ3v) is 6.22. The van der Waals surface area contributed by atoms with Crippen molar-refractivity contribution >= 4 is 24.2 Å². The second kappa shape index (κ2) is 13.3. The Morgan fingerprint density at radius 1 is 1.16 bits per heavy atom. The molecule has 3 N–H and O–H groups in total. The lowest BCUT2D eigenvalue weighted by atomic mass is 9.86. The van der Waals surface area contributed by atoms with Crippen LogP contribution in [-0.2, 0) is 19.1 Å². The van der Waals surface area contributed by atoms with E-state index in [-0.39, 0.29) is 24.2 Å². The van der Waals surface area contributed by atoms with Crippen LogP contribution in [0.15, 0.2) is 0 Å². The molecule has 0 aromatic rings. The van der Waals surface area contributed by atoms with Gasteiger partial charge in [0.25, 0.3) is 0 Å². The summed E-state index contributed by atoms with van der Waals surface area (Å²) < 4.78 is 5.30. The second-order valence-corrected chi connectivity index (χ2v) is 9.37. The van der Waals surface area contributed by atoms with E-state index in [1.807, 2.05) is 13.8 Å². The van der Waals surface area contributed by atoms with Crippen molar-refractivity contribution in [1.82, 2.24) is 16.0 Å². The lowest BCUT2D eigenvalue weighted by Gasteiger charge is -2.23. The van der Waals surface area contributed by atoms with Crippen molar-refractivity contribution in [2.45, 2.75) is 90.1 Å². The molecule has 8 nitrogen and oxygen atoms in total. The average molecular weight is 438 g/mol. The molecule has 0 spiro atoms. The summed E-state index contributed by atoms with van der Waals surface area (Å²) in [7, 11) is 0. The van der Waals surface area contributed by atoms with Crippen LogP contribution in [0.4, 0.5) is 4.79 Å². The summed E-state index contributed by atoms with van der Waals surface area (Å²) in [4.78, 5) is 48.2. The Labute approximate surface area is 185 Å². The number of hydrogen-bond donors (Lipinski definition) is 3. The largest absolute Gasteiger partial charge is 0.450 e. The molecule has 1 saturated carbocycles. The topological polar surface area (TPSA) is 114 Å². The van der Waals surface area contributed by atoms with E-state index in [2.05, 4.69) is 16.0 Å². The van der Waals surface area contributed by atoms with Crippen molar-refractivity contribution in [1.29, 1.82) is 0 Å². The van der Waals surface area contributed by atoms with Crippen LogP contribution in [0.5, 0.6) is 0 Å². The van der Waals surface area contributed by atoms with Crippen LogP contribution >= 0.6 is 0 Å². The van der Waals surface area contributed by atoms with E-state index in [9.17, 15) is 19.2 Å². The Hall–Kier alpha value is -2.12. The lowest BCUT2D eigenvalue weighted by Crippen LogP contribution is -2.51. The average Bonchev–Trinajstić information content (AvgIpc) is 3.15. The quantitative estimate of drug-likeness (QED) is 0.321. The van der Waals surface area contributed by atoms with Crippen molar-refractivity contribution in [2.24, 2.45) is 17.8 Å². The van der Waals surface area contributed by atoms with Gasteiger partial charge in [0.15, 0.2) is 0 Å². The predicted octanol–water partition coefficient (Wildman–Crippen LogP) is 2.70. The van der Waals surface area contributed by atoms with E-state index in [0.717, 1.165) is 18.8 Å². The summed E-state index contributed by atoms with van der Waals surface area (Å²) in [6.45, 7) is 4.84. The molecule has 0 radical (unpaired) electrons. The first-order valence-corrected chi connectivity index (χ1v) is 11.9. The first-order chi connectivity index (χ1) is 14.9. The smallest absolute Gasteiger partial charge is 0.407 e. The highest BCUT2D eigenvalue weighted by molar-refractivity contribution is 5.88. The molecule has 3 amide bonds. The third-order valence-electron chi connectivity index (χ3n) is 6.22. The Bertz CT molecular complexity index is 604. The van der Waals surface area contributed by atoms with Gasteiger partial charge in [0.1, 0.15) is 12.3 Å². The van der Waals surface area contributed by atoms with Crippen molar-refractivity contribution in [3.63, 3.8) is 0 Å². The minimum atomic E-state index is -0.786. The van der Waals surface area contributed by atoms with E-state index in [1.165, 1.54) is 32.1 Å². The first-order valence-electron chi connectivity index (χ1n) is 11.9. The molecule has 1 aliphatic carbocycles. The molecule has 1 aliphatic heterocycles. The molecule has 0 aromatic heterocycles. The Kier molecular flexibility index (Phi) is 10.8. The van der Waals surface area contributed by atoms with Crippen LogP contribution in [0.25, 0.3) is 0 Å². The highest BCUT2D eigenvalue weighted by Gasteiger charge is 2.30. The van der Waals surface area contributed by atoms with Gasteiger partial charge in [-0.3, -0.25) is 9.59 Å². The summed E-state index contributed by atoms with van der Waals surface area (Å²) in [6.07, 6.45) is 9.74. The van der Waals surface area contributed by atoms with Crippen LogP contribution in [0.2, 0.25) is 0 Å². The number of carbonyl (C=O) groups excluding carboxylic acids is 4. The first kappa shape index (κ1) is 25.1. The Balaban J connectivity index is 1.77. The number of alkyl carbamates (subject to hydrolysis) is 1. The number of rotatable bonds is 12. The molecule has 1 saturated heterocycles. The van der Waals surface area contributed by atoms with Gasteiger partial charge in [-0.2, -0.15) is 0 Å². The number of hydrogen-bond acceptors (Lipinski definition) is 5. The van der Waals surface area contributed by atoms with Crippen molar-refractivity contribution < 1.29 is 23.9 Å². The molecule has 2 fully saturated rings. The van der Waals surface area contributed by atoms with Crippen molar-refractivity contribution in [3.05, 3.63) is 0 Å². The number of amides is 3. The minimum Gasteiger partial charge on any atom is -0.450 e. The zero-order chi connectivity index (χ0) is 22.6. The molecular formula is C23H39N3O5. The minimum absolute atomic E-state index is 0.0882. The maximum Gasteiger partial charge on any atom is 0.407 e. The summed E-state index contributed by atoms with van der Waals surface area (Å²) in [6, 6.07) is -1.55. The monoisotopic (exact) mass is 437 g/mol. The third kappa shape index (κ3) is 9.27. The number of carbonyl (C=O) groups is 4. The van der Waals surface area contributed by atoms with E-state index >= 15 is 0 Å². The fourth-order valence-electron chi connectivity index (χ4n) is 4.51. The van der Waals surface area contributed by atoms with Gasteiger partial charge >= 0.3 is 6.09 Å². The van der Waals surface area contributed by atoms with Gasteiger partial charge in [0.05, 0.1) is 12.6 Å². The van der Waals surface area contributed by atoms with Gasteiger partial charge in [-0.1, -0.05) is 46.0 Å². The maximum absolute atomic E-state index is 12.7. The van der Waals surface area contributed by atoms with Crippen LogP contribution < -0.4 is 16.0 Å². The van der Waals surface area contributed by atoms with Crippen molar-refractivity contribution in [3.8, 4) is 0 Å². The second-order valence-electron chi connectivity index (χ2n) is 9.37. The lowest BCUT2D eigenvalue weighted by molar-refractivity contribution is -0.127. The molecule has 0 aromatic carbocycles. The van der Waals surface area contributed by atoms with E-state index in [0.29, 0.717) is 32.3 Å². The van der Waals surface area contributed by atoms with Crippen LogP contribution in [-0.4, -0.2) is 49.4 Å². The van der Waals surface area contributed by atoms with Gasteiger partial charge in [-0.15, -0.1) is 0 Å². The van der Waals surface area contributed by atoms with E-state index in [4.69, 9.17) is 4.74 Å². The summed E-state index contributed by atoms with van der Waals surface area (Å²) >= 11 is 0. The highest BCUT2D eigenvalue weighted by Crippen LogP contribution is 2.27. The fraction of sp³-hybridized carbons (Fsp3) is 0.826. The molecule has 3 atom stereocenters. The zero-order valence-corrected chi connectivity index (χ0v) is 19.0. The number of nitrogens with one attached hydrogen (secondary N) is 3. The molecule has 1 heterocycles. The number of ether oxygens (including phenoxy) is 1. The number of aldehydes is 1. The molecular weight excluding hydrogens is 398 g/mol. The Morgan fingerprint density at radius 3 is 2.52 bits per heavy atom. The van der Waals surface area contributed by atoms with Crippen LogP contribution in [0, 0.1) is 17.8 Å². The fourth-order valence-corrected chi connectivity index (χ4v) is 4.51. The summed E-state index contributed by atoms with van der Waals surface area (Å²) in [5, 5.41) is 8.06. The van der Waals surface area contributed by atoms with Gasteiger partial charge in [0.2, 0.25) is 11.8 Å². The molecule has 8 heteroatoms. The molecule has 2 rings (SSSR count).